The van der Waals surface area contributed by atoms with Gasteiger partial charge in [0.2, 0.25) is 0 Å². The van der Waals surface area contributed by atoms with Crippen molar-refractivity contribution in [1.29, 1.82) is 0 Å². The van der Waals surface area contributed by atoms with E-state index >= 15 is 0 Å². The lowest BCUT2D eigenvalue weighted by atomic mass is 10.2. The minimum atomic E-state index is 0.333. The van der Waals surface area contributed by atoms with Crippen molar-refractivity contribution in [2.45, 2.75) is 47.6 Å². The van der Waals surface area contributed by atoms with Crippen LogP contribution in [0.2, 0.25) is 0 Å². The molecule has 0 aromatic rings. The molecule has 2 nitrogen and oxygen atoms in total. The maximum absolute atomic E-state index is 5.11. The van der Waals surface area contributed by atoms with E-state index in [2.05, 4.69) is 33.0 Å². The van der Waals surface area contributed by atoms with Gasteiger partial charge in [-0.2, -0.15) is 0 Å². The van der Waals surface area contributed by atoms with Crippen LogP contribution in [0.15, 0.2) is 0 Å². The van der Waals surface area contributed by atoms with Crippen molar-refractivity contribution in [2.75, 3.05) is 13.1 Å². The maximum Gasteiger partial charge on any atom is -0.00179 e. The first-order valence-electron chi connectivity index (χ1n) is 5.32. The fourth-order valence-electron chi connectivity index (χ4n) is 0.661. The molecule has 0 saturated heterocycles. The van der Waals surface area contributed by atoms with Crippen molar-refractivity contribution in [3.05, 3.63) is 0 Å². The highest BCUT2D eigenvalue weighted by molar-refractivity contribution is 4.52. The van der Waals surface area contributed by atoms with Crippen LogP contribution in [0.3, 0.4) is 0 Å². The van der Waals surface area contributed by atoms with Crippen molar-refractivity contribution >= 4 is 0 Å². The monoisotopic (exact) mass is 188 g/mol. The molecule has 0 aliphatic rings. The second-order valence-electron chi connectivity index (χ2n) is 4.69. The highest BCUT2D eigenvalue weighted by Gasteiger charge is 1.94. The SMILES string of the molecule is CC(C)CNCC(C)C.CC(C)N. The largest absolute Gasteiger partial charge is 0.328 e. The van der Waals surface area contributed by atoms with E-state index in [4.69, 9.17) is 5.73 Å². The van der Waals surface area contributed by atoms with Gasteiger partial charge < -0.3 is 11.1 Å². The normalized spacial score (nSPS) is 10.6. The topological polar surface area (TPSA) is 38.0 Å². The number of nitrogens with one attached hydrogen (secondary N) is 1. The summed E-state index contributed by atoms with van der Waals surface area (Å²) in [6.07, 6.45) is 0. The van der Waals surface area contributed by atoms with E-state index in [-0.39, 0.29) is 0 Å². The summed E-state index contributed by atoms with van der Waals surface area (Å²) in [5.41, 5.74) is 5.11. The van der Waals surface area contributed by atoms with Gasteiger partial charge in [-0.1, -0.05) is 41.5 Å². The molecule has 0 heterocycles. The molecule has 82 valence electrons. The Labute approximate surface area is 84.3 Å². The first kappa shape index (κ1) is 15.4. The first-order chi connectivity index (χ1) is 5.86. The van der Waals surface area contributed by atoms with Gasteiger partial charge in [-0.15, -0.1) is 0 Å². The van der Waals surface area contributed by atoms with Crippen LogP contribution < -0.4 is 11.1 Å². The van der Waals surface area contributed by atoms with Crippen LogP contribution >= 0.6 is 0 Å². The molecule has 0 aromatic heterocycles. The lowest BCUT2D eigenvalue weighted by Crippen LogP contribution is -2.23. The van der Waals surface area contributed by atoms with Crippen molar-refractivity contribution in [1.82, 2.24) is 5.32 Å². The van der Waals surface area contributed by atoms with E-state index in [1.165, 1.54) is 0 Å². The Kier molecular flexibility index (Phi) is 11.8. The molecular weight excluding hydrogens is 160 g/mol. The minimum absolute atomic E-state index is 0.333. The molecule has 0 rings (SSSR count). The molecule has 0 aromatic carbocycles. The average molecular weight is 188 g/mol. The Morgan fingerprint density at radius 3 is 1.23 bits per heavy atom. The molecule has 0 atom stereocenters. The Hall–Kier alpha value is -0.0800. The molecule has 0 aliphatic heterocycles. The lowest BCUT2D eigenvalue weighted by molar-refractivity contribution is 0.497. The summed E-state index contributed by atoms with van der Waals surface area (Å²) in [4.78, 5) is 0. The zero-order valence-electron chi connectivity index (χ0n) is 10.2. The van der Waals surface area contributed by atoms with E-state index in [9.17, 15) is 0 Å². The predicted octanol–water partition coefficient (Wildman–Crippen LogP) is 2.24. The molecule has 0 unspecified atom stereocenters. The summed E-state index contributed by atoms with van der Waals surface area (Å²) in [5.74, 6) is 1.56. The molecule has 13 heavy (non-hydrogen) atoms. The van der Waals surface area contributed by atoms with Gasteiger partial charge in [-0.05, 0) is 31.0 Å². The molecule has 0 amide bonds. The highest BCUT2D eigenvalue weighted by Crippen LogP contribution is 1.90. The number of hydrogen-bond acceptors (Lipinski definition) is 2. The Bertz CT molecular complexity index is 77.3. The molecule has 3 N–H and O–H groups in total. The van der Waals surface area contributed by atoms with Crippen LogP contribution in [-0.4, -0.2) is 19.1 Å². The summed E-state index contributed by atoms with van der Waals surface area (Å²) < 4.78 is 0. The zero-order chi connectivity index (χ0) is 10.9. The summed E-state index contributed by atoms with van der Waals surface area (Å²) >= 11 is 0. The molecule has 0 fully saturated rings. The van der Waals surface area contributed by atoms with E-state index in [0.29, 0.717) is 6.04 Å². The Morgan fingerprint density at radius 1 is 0.846 bits per heavy atom. The second kappa shape index (κ2) is 10.0. The predicted molar refractivity (Wildman–Crippen MR) is 61.9 cm³/mol. The third kappa shape index (κ3) is 33.5. The summed E-state index contributed by atoms with van der Waals surface area (Å²) in [5, 5.41) is 3.38. The van der Waals surface area contributed by atoms with E-state index < -0.39 is 0 Å². The van der Waals surface area contributed by atoms with Gasteiger partial charge in [0, 0.05) is 0 Å². The van der Waals surface area contributed by atoms with Gasteiger partial charge in [-0.3, -0.25) is 0 Å². The van der Waals surface area contributed by atoms with Gasteiger partial charge in [0.25, 0.3) is 0 Å². The van der Waals surface area contributed by atoms with Gasteiger partial charge in [0.15, 0.2) is 0 Å². The Balaban J connectivity index is 0. The Morgan fingerprint density at radius 2 is 1.08 bits per heavy atom. The van der Waals surface area contributed by atoms with E-state index in [0.717, 1.165) is 24.9 Å². The van der Waals surface area contributed by atoms with E-state index in [1.807, 2.05) is 13.8 Å². The fourth-order valence-corrected chi connectivity index (χ4v) is 0.661. The molecule has 0 saturated carbocycles. The van der Waals surface area contributed by atoms with Gasteiger partial charge in [0.05, 0.1) is 0 Å². The summed E-state index contributed by atoms with van der Waals surface area (Å²) in [7, 11) is 0. The van der Waals surface area contributed by atoms with E-state index in [1.54, 1.807) is 0 Å². The minimum Gasteiger partial charge on any atom is -0.328 e. The average Bonchev–Trinajstić information content (AvgIpc) is 1.83. The van der Waals surface area contributed by atoms with Crippen molar-refractivity contribution in [3.8, 4) is 0 Å². The van der Waals surface area contributed by atoms with Crippen LogP contribution in [0.25, 0.3) is 0 Å². The van der Waals surface area contributed by atoms with Crippen LogP contribution in [0.4, 0.5) is 0 Å². The molecule has 0 bridgehead atoms. The lowest BCUT2D eigenvalue weighted by Gasteiger charge is -2.08. The summed E-state index contributed by atoms with van der Waals surface area (Å²) in [6.45, 7) is 15.1. The van der Waals surface area contributed by atoms with Gasteiger partial charge >= 0.3 is 0 Å². The number of nitrogens with two attached hydrogens (primary N) is 1. The fraction of sp³-hybridized carbons (Fsp3) is 1.00. The quantitative estimate of drug-likeness (QED) is 0.710. The van der Waals surface area contributed by atoms with Crippen LogP contribution in [0.5, 0.6) is 0 Å². The van der Waals surface area contributed by atoms with Gasteiger partial charge in [0.1, 0.15) is 0 Å². The molecule has 0 aliphatic carbocycles. The smallest absolute Gasteiger partial charge is 0.00179 e. The number of hydrogen-bond donors (Lipinski definition) is 2. The molecule has 2 heteroatoms. The van der Waals surface area contributed by atoms with Crippen LogP contribution in [0, 0.1) is 11.8 Å². The number of rotatable bonds is 4. The van der Waals surface area contributed by atoms with Gasteiger partial charge in [-0.25, -0.2) is 0 Å². The highest BCUT2D eigenvalue weighted by atomic mass is 14.9. The molecule has 0 spiro atoms. The van der Waals surface area contributed by atoms with Crippen molar-refractivity contribution in [2.24, 2.45) is 17.6 Å². The van der Waals surface area contributed by atoms with Crippen LogP contribution in [0.1, 0.15) is 41.5 Å². The van der Waals surface area contributed by atoms with Crippen LogP contribution in [-0.2, 0) is 0 Å². The maximum atomic E-state index is 5.11. The standard InChI is InChI=1S/C8H19N.C3H9N/c1-7(2)5-9-6-8(3)4;1-3(2)4/h7-9H,5-6H2,1-4H3;3H,4H2,1-2H3. The second-order valence-corrected chi connectivity index (χ2v) is 4.69. The first-order valence-corrected chi connectivity index (χ1v) is 5.32. The third-order valence-corrected chi connectivity index (χ3v) is 1.11. The molecular formula is C11H28N2. The summed E-state index contributed by atoms with van der Waals surface area (Å²) in [6, 6.07) is 0.333. The molecule has 0 radical (unpaired) electrons. The zero-order valence-corrected chi connectivity index (χ0v) is 10.2. The van der Waals surface area contributed by atoms with Crippen molar-refractivity contribution in [3.63, 3.8) is 0 Å². The van der Waals surface area contributed by atoms with Crippen molar-refractivity contribution < 1.29 is 0 Å². The third-order valence-electron chi connectivity index (χ3n) is 1.11.